The van der Waals surface area contributed by atoms with Crippen molar-refractivity contribution < 1.29 is 9.53 Å². The Morgan fingerprint density at radius 2 is 2.00 bits per heavy atom. The lowest BCUT2D eigenvalue weighted by Gasteiger charge is -2.36. The topological polar surface area (TPSA) is 29.5 Å². The van der Waals surface area contributed by atoms with E-state index in [0.29, 0.717) is 6.54 Å². The third-order valence-corrected chi connectivity index (χ3v) is 5.30. The number of esters is 1. The molecule has 128 valence electrons. The standard InChI is InChI=1S/C20H25NO2S/c1-14-7-5-6-8-15(14)19-16-10-12-24-17(16)9-11-21(19)13-18(22)23-20(2,3)4/h5-8,10,12,19H,9,11,13H2,1-4H3. The number of benzene rings is 1. The average molecular weight is 343 g/mol. The predicted octanol–water partition coefficient (Wildman–Crippen LogP) is 4.35. The summed E-state index contributed by atoms with van der Waals surface area (Å²) in [6, 6.07) is 10.8. The number of fused-ring (bicyclic) bond motifs is 1. The van der Waals surface area contributed by atoms with Crippen LogP contribution in [0.5, 0.6) is 0 Å². The Morgan fingerprint density at radius 3 is 2.71 bits per heavy atom. The number of hydrogen-bond donors (Lipinski definition) is 0. The van der Waals surface area contributed by atoms with Crippen LogP contribution in [0.15, 0.2) is 35.7 Å². The molecule has 1 unspecified atom stereocenters. The Morgan fingerprint density at radius 1 is 1.25 bits per heavy atom. The Labute approximate surface area is 148 Å². The monoisotopic (exact) mass is 343 g/mol. The van der Waals surface area contributed by atoms with Gasteiger partial charge in [-0.25, -0.2) is 0 Å². The number of nitrogens with zero attached hydrogens (tertiary/aromatic N) is 1. The van der Waals surface area contributed by atoms with E-state index in [0.717, 1.165) is 13.0 Å². The van der Waals surface area contributed by atoms with Crippen molar-refractivity contribution >= 4 is 17.3 Å². The van der Waals surface area contributed by atoms with Crippen molar-refractivity contribution in [3.63, 3.8) is 0 Å². The van der Waals surface area contributed by atoms with Crippen LogP contribution in [0.4, 0.5) is 0 Å². The first-order valence-electron chi connectivity index (χ1n) is 8.43. The van der Waals surface area contributed by atoms with Gasteiger partial charge in [0.15, 0.2) is 0 Å². The largest absolute Gasteiger partial charge is 0.459 e. The number of ether oxygens (including phenoxy) is 1. The summed E-state index contributed by atoms with van der Waals surface area (Å²) in [5.74, 6) is -0.153. The highest BCUT2D eigenvalue weighted by Crippen LogP contribution is 2.38. The highest BCUT2D eigenvalue weighted by atomic mass is 32.1. The SMILES string of the molecule is Cc1ccccc1C1c2ccsc2CCN1CC(=O)OC(C)(C)C. The van der Waals surface area contributed by atoms with E-state index in [1.807, 2.05) is 32.1 Å². The van der Waals surface area contributed by atoms with E-state index in [4.69, 9.17) is 4.74 Å². The van der Waals surface area contributed by atoms with Crippen molar-refractivity contribution in [2.75, 3.05) is 13.1 Å². The summed E-state index contributed by atoms with van der Waals surface area (Å²) >= 11 is 1.82. The molecule has 0 aliphatic carbocycles. The highest BCUT2D eigenvalue weighted by molar-refractivity contribution is 7.10. The Bertz CT molecular complexity index is 729. The minimum absolute atomic E-state index is 0.133. The zero-order valence-corrected chi connectivity index (χ0v) is 15.7. The van der Waals surface area contributed by atoms with E-state index in [1.165, 1.54) is 21.6 Å². The van der Waals surface area contributed by atoms with Crippen LogP contribution in [-0.4, -0.2) is 29.6 Å². The third-order valence-electron chi connectivity index (χ3n) is 4.30. The fraction of sp³-hybridized carbons (Fsp3) is 0.450. The summed E-state index contributed by atoms with van der Waals surface area (Å²) < 4.78 is 5.55. The number of rotatable bonds is 3. The van der Waals surface area contributed by atoms with Gasteiger partial charge in [-0.2, -0.15) is 0 Å². The van der Waals surface area contributed by atoms with Gasteiger partial charge in [0.25, 0.3) is 0 Å². The van der Waals surface area contributed by atoms with Crippen molar-refractivity contribution in [2.45, 2.75) is 45.8 Å². The van der Waals surface area contributed by atoms with Crippen LogP contribution in [0.2, 0.25) is 0 Å². The maximum atomic E-state index is 12.4. The molecule has 3 nitrogen and oxygen atoms in total. The molecule has 4 heteroatoms. The molecule has 0 N–H and O–H groups in total. The van der Waals surface area contributed by atoms with Gasteiger partial charge in [0, 0.05) is 11.4 Å². The van der Waals surface area contributed by atoms with Crippen LogP contribution >= 0.6 is 11.3 Å². The predicted molar refractivity (Wildman–Crippen MR) is 98.5 cm³/mol. The fourth-order valence-electron chi connectivity index (χ4n) is 3.34. The Hall–Kier alpha value is -1.65. The molecule has 2 aromatic rings. The van der Waals surface area contributed by atoms with Crippen LogP contribution in [0.25, 0.3) is 0 Å². The fourth-order valence-corrected chi connectivity index (χ4v) is 4.24. The normalized spacial score (nSPS) is 18.2. The summed E-state index contributed by atoms with van der Waals surface area (Å²) in [6.45, 7) is 9.09. The van der Waals surface area contributed by atoms with Crippen molar-refractivity contribution in [3.05, 3.63) is 57.3 Å². The third kappa shape index (κ3) is 3.70. The molecule has 1 atom stereocenters. The average Bonchev–Trinajstić information content (AvgIpc) is 2.94. The zero-order valence-electron chi connectivity index (χ0n) is 14.8. The van der Waals surface area contributed by atoms with E-state index < -0.39 is 5.60 Å². The Balaban J connectivity index is 1.91. The van der Waals surface area contributed by atoms with E-state index >= 15 is 0 Å². The minimum atomic E-state index is -0.446. The number of hydrogen-bond acceptors (Lipinski definition) is 4. The maximum absolute atomic E-state index is 12.4. The number of thiophene rings is 1. The summed E-state index contributed by atoms with van der Waals surface area (Å²) in [5.41, 5.74) is 3.43. The van der Waals surface area contributed by atoms with Gasteiger partial charge < -0.3 is 4.74 Å². The molecule has 1 aromatic carbocycles. The molecule has 0 saturated carbocycles. The van der Waals surface area contributed by atoms with Crippen molar-refractivity contribution in [3.8, 4) is 0 Å². The molecule has 2 heterocycles. The molecular formula is C20H25NO2S. The van der Waals surface area contributed by atoms with E-state index in [-0.39, 0.29) is 12.0 Å². The minimum Gasteiger partial charge on any atom is -0.459 e. The van der Waals surface area contributed by atoms with Crippen LogP contribution in [-0.2, 0) is 16.0 Å². The van der Waals surface area contributed by atoms with E-state index in [1.54, 1.807) is 0 Å². The molecule has 1 aromatic heterocycles. The smallest absolute Gasteiger partial charge is 0.320 e. The van der Waals surface area contributed by atoms with E-state index in [2.05, 4.69) is 47.5 Å². The van der Waals surface area contributed by atoms with Gasteiger partial charge in [-0.05, 0) is 62.3 Å². The quantitative estimate of drug-likeness (QED) is 0.776. The first-order valence-corrected chi connectivity index (χ1v) is 9.31. The number of carbonyl (C=O) groups excluding carboxylic acids is 1. The lowest BCUT2D eigenvalue weighted by atomic mass is 9.90. The van der Waals surface area contributed by atoms with Gasteiger partial charge in [-0.1, -0.05) is 24.3 Å². The van der Waals surface area contributed by atoms with Crippen LogP contribution in [0, 0.1) is 6.92 Å². The molecule has 0 amide bonds. The first-order chi connectivity index (χ1) is 11.3. The number of aryl methyl sites for hydroxylation is 1. The second-order valence-corrected chi connectivity index (χ2v) is 8.37. The van der Waals surface area contributed by atoms with Crippen molar-refractivity contribution in [1.82, 2.24) is 4.90 Å². The van der Waals surface area contributed by atoms with Crippen LogP contribution in [0.1, 0.15) is 48.4 Å². The lowest BCUT2D eigenvalue weighted by Crippen LogP contribution is -2.41. The van der Waals surface area contributed by atoms with Gasteiger partial charge in [0.05, 0.1) is 12.6 Å². The number of carbonyl (C=O) groups is 1. The molecule has 1 aliphatic rings. The maximum Gasteiger partial charge on any atom is 0.320 e. The summed E-state index contributed by atoms with van der Waals surface area (Å²) in [4.78, 5) is 16.1. The Kier molecular flexibility index (Phi) is 4.79. The van der Waals surface area contributed by atoms with Gasteiger partial charge in [0.2, 0.25) is 0 Å². The van der Waals surface area contributed by atoms with Crippen LogP contribution in [0.3, 0.4) is 0 Å². The van der Waals surface area contributed by atoms with Gasteiger partial charge in [-0.15, -0.1) is 11.3 Å². The van der Waals surface area contributed by atoms with Gasteiger partial charge in [-0.3, -0.25) is 9.69 Å². The summed E-state index contributed by atoms with van der Waals surface area (Å²) in [5, 5.41) is 2.16. The molecule has 3 rings (SSSR count). The van der Waals surface area contributed by atoms with Crippen LogP contribution < -0.4 is 0 Å². The van der Waals surface area contributed by atoms with Crippen molar-refractivity contribution in [1.29, 1.82) is 0 Å². The summed E-state index contributed by atoms with van der Waals surface area (Å²) in [6.07, 6.45) is 0.998. The summed E-state index contributed by atoms with van der Waals surface area (Å²) in [7, 11) is 0. The zero-order chi connectivity index (χ0) is 17.3. The second-order valence-electron chi connectivity index (χ2n) is 7.37. The molecule has 0 radical (unpaired) electrons. The highest BCUT2D eigenvalue weighted by Gasteiger charge is 2.32. The lowest BCUT2D eigenvalue weighted by molar-refractivity contribution is -0.156. The van der Waals surface area contributed by atoms with Gasteiger partial charge >= 0.3 is 5.97 Å². The van der Waals surface area contributed by atoms with Crippen molar-refractivity contribution in [2.24, 2.45) is 0 Å². The molecule has 24 heavy (non-hydrogen) atoms. The molecule has 0 fully saturated rings. The second kappa shape index (κ2) is 6.69. The van der Waals surface area contributed by atoms with E-state index in [9.17, 15) is 4.79 Å². The molecule has 1 aliphatic heterocycles. The molecular weight excluding hydrogens is 318 g/mol. The molecule has 0 bridgehead atoms. The molecule has 0 spiro atoms. The van der Waals surface area contributed by atoms with Gasteiger partial charge in [0.1, 0.15) is 5.60 Å². The first kappa shape index (κ1) is 17.2. The molecule has 0 saturated heterocycles.